The van der Waals surface area contributed by atoms with E-state index in [9.17, 15) is 18.0 Å². The number of benzene rings is 1. The van der Waals surface area contributed by atoms with Crippen LogP contribution in [-0.4, -0.2) is 22.7 Å². The molecule has 0 unspecified atom stereocenters. The smallest absolute Gasteiger partial charge is 0.416 e. The molecule has 1 heterocycles. The number of ether oxygens (including phenoxy) is 1. The Labute approximate surface area is 142 Å². The third-order valence-corrected chi connectivity index (χ3v) is 3.18. The van der Waals surface area contributed by atoms with E-state index < -0.39 is 17.6 Å². The molecular weight excluding hydrogens is 339 g/mol. The molecule has 1 amide bonds. The minimum Gasteiger partial charge on any atom is -0.491 e. The number of nitrogens with zero attached hydrogens (tertiary/aromatic N) is 2. The van der Waals surface area contributed by atoms with E-state index in [0.29, 0.717) is 24.7 Å². The van der Waals surface area contributed by atoms with Crippen LogP contribution < -0.4 is 10.1 Å². The summed E-state index contributed by atoms with van der Waals surface area (Å²) < 4.78 is 48.9. The van der Waals surface area contributed by atoms with Gasteiger partial charge in [0.15, 0.2) is 5.82 Å². The number of carbonyl (C=O) groups excluding carboxylic acids is 1. The summed E-state index contributed by atoms with van der Waals surface area (Å²) in [6.45, 7) is 3.84. The fourth-order valence-corrected chi connectivity index (χ4v) is 2.02. The second kappa shape index (κ2) is 8.00. The van der Waals surface area contributed by atoms with Gasteiger partial charge in [-0.1, -0.05) is 12.1 Å². The fourth-order valence-electron chi connectivity index (χ4n) is 2.02. The molecule has 25 heavy (non-hydrogen) atoms. The Morgan fingerprint density at radius 1 is 1.36 bits per heavy atom. The van der Waals surface area contributed by atoms with Crippen molar-refractivity contribution in [3.05, 3.63) is 35.5 Å². The second-order valence-corrected chi connectivity index (χ2v) is 5.34. The van der Waals surface area contributed by atoms with Gasteiger partial charge in [-0.3, -0.25) is 4.79 Å². The number of anilines is 1. The van der Waals surface area contributed by atoms with Gasteiger partial charge in [0.2, 0.25) is 11.8 Å². The van der Waals surface area contributed by atoms with E-state index in [2.05, 4.69) is 15.5 Å². The summed E-state index contributed by atoms with van der Waals surface area (Å²) in [6, 6.07) is 2.98. The van der Waals surface area contributed by atoms with E-state index in [1.807, 2.05) is 6.92 Å². The van der Waals surface area contributed by atoms with Crippen LogP contribution in [0.5, 0.6) is 5.75 Å². The van der Waals surface area contributed by atoms with Gasteiger partial charge in [-0.25, -0.2) is 0 Å². The standard InChI is InChI=1S/C16H18F3N3O3/c1-3-8-24-13-5-4-11(16(17,18)19)9-12(13)21-14(23)6-7-15-20-10(2)22-25-15/h4-5,9H,3,6-8H2,1-2H3,(H,21,23). The molecule has 1 aromatic carbocycles. The Bertz CT molecular complexity index is 729. The minimum absolute atomic E-state index is 0.00883. The van der Waals surface area contributed by atoms with Crippen molar-refractivity contribution in [2.24, 2.45) is 0 Å². The van der Waals surface area contributed by atoms with Crippen LogP contribution in [0.2, 0.25) is 0 Å². The second-order valence-electron chi connectivity index (χ2n) is 5.34. The molecule has 0 aliphatic rings. The molecule has 1 N–H and O–H groups in total. The number of aryl methyl sites for hydroxylation is 2. The lowest BCUT2D eigenvalue weighted by molar-refractivity contribution is -0.137. The molecule has 0 fully saturated rings. The maximum absolute atomic E-state index is 12.9. The van der Waals surface area contributed by atoms with Crippen molar-refractivity contribution in [3.8, 4) is 5.75 Å². The van der Waals surface area contributed by atoms with Crippen molar-refractivity contribution >= 4 is 11.6 Å². The Morgan fingerprint density at radius 2 is 2.12 bits per heavy atom. The molecule has 9 heteroatoms. The lowest BCUT2D eigenvalue weighted by atomic mass is 10.1. The first-order valence-electron chi connectivity index (χ1n) is 7.72. The molecule has 136 valence electrons. The number of carbonyl (C=O) groups is 1. The van der Waals surface area contributed by atoms with Crippen LogP contribution in [0.1, 0.15) is 37.0 Å². The molecule has 0 atom stereocenters. The third kappa shape index (κ3) is 5.47. The van der Waals surface area contributed by atoms with Gasteiger partial charge in [0.1, 0.15) is 5.75 Å². The summed E-state index contributed by atoms with van der Waals surface area (Å²) in [5.74, 6) is 0.455. The van der Waals surface area contributed by atoms with Crippen LogP contribution in [0.15, 0.2) is 22.7 Å². The summed E-state index contributed by atoms with van der Waals surface area (Å²) >= 11 is 0. The highest BCUT2D eigenvalue weighted by molar-refractivity contribution is 5.92. The zero-order valence-corrected chi connectivity index (χ0v) is 13.8. The van der Waals surface area contributed by atoms with E-state index in [1.165, 1.54) is 6.07 Å². The number of rotatable bonds is 7. The molecule has 0 bridgehead atoms. The van der Waals surface area contributed by atoms with Crippen molar-refractivity contribution in [1.82, 2.24) is 10.1 Å². The maximum Gasteiger partial charge on any atom is 0.416 e. The van der Waals surface area contributed by atoms with Crippen LogP contribution in [0.3, 0.4) is 0 Å². The number of halogens is 3. The first kappa shape index (κ1) is 18.8. The molecule has 0 saturated heterocycles. The van der Waals surface area contributed by atoms with Crippen LogP contribution in [0.25, 0.3) is 0 Å². The summed E-state index contributed by atoms with van der Waals surface area (Å²) in [4.78, 5) is 16.0. The molecule has 2 rings (SSSR count). The van der Waals surface area contributed by atoms with Crippen molar-refractivity contribution in [3.63, 3.8) is 0 Å². The first-order valence-corrected chi connectivity index (χ1v) is 7.72. The van der Waals surface area contributed by atoms with E-state index in [0.717, 1.165) is 12.1 Å². The van der Waals surface area contributed by atoms with E-state index in [1.54, 1.807) is 6.92 Å². The predicted octanol–water partition coefficient (Wildman–Crippen LogP) is 3.76. The first-order chi connectivity index (χ1) is 11.8. The molecule has 0 radical (unpaired) electrons. The summed E-state index contributed by atoms with van der Waals surface area (Å²) in [5, 5.41) is 6.06. The van der Waals surface area contributed by atoms with Gasteiger partial charge in [-0.2, -0.15) is 18.2 Å². The SMILES string of the molecule is CCCOc1ccc(C(F)(F)F)cc1NC(=O)CCc1nc(C)no1. The van der Waals surface area contributed by atoms with Gasteiger partial charge in [0, 0.05) is 12.8 Å². The fraction of sp³-hybridized carbons (Fsp3) is 0.438. The number of amides is 1. The summed E-state index contributed by atoms with van der Waals surface area (Å²) in [6.07, 6.45) is -3.64. The molecule has 1 aromatic heterocycles. The molecular formula is C16H18F3N3O3. The van der Waals surface area contributed by atoms with E-state index in [-0.39, 0.29) is 24.3 Å². The van der Waals surface area contributed by atoms with Crippen molar-refractivity contribution in [2.45, 2.75) is 39.3 Å². The molecule has 2 aromatic rings. The van der Waals surface area contributed by atoms with Gasteiger partial charge in [0.25, 0.3) is 0 Å². The highest BCUT2D eigenvalue weighted by Crippen LogP contribution is 2.35. The van der Waals surface area contributed by atoms with Gasteiger partial charge in [-0.15, -0.1) is 0 Å². The third-order valence-electron chi connectivity index (χ3n) is 3.18. The highest BCUT2D eigenvalue weighted by atomic mass is 19.4. The van der Waals surface area contributed by atoms with Gasteiger partial charge in [-0.05, 0) is 31.5 Å². The Balaban J connectivity index is 2.09. The Kier molecular flexibility index (Phi) is 6.00. The molecule has 0 saturated carbocycles. The lowest BCUT2D eigenvalue weighted by Gasteiger charge is -2.15. The Hall–Kier alpha value is -2.58. The molecule has 0 spiro atoms. The van der Waals surface area contributed by atoms with Gasteiger partial charge in [0.05, 0.1) is 17.9 Å². The number of nitrogens with one attached hydrogen (secondary N) is 1. The summed E-state index contributed by atoms with van der Waals surface area (Å²) in [7, 11) is 0. The van der Waals surface area contributed by atoms with Crippen LogP contribution in [0.4, 0.5) is 18.9 Å². The molecule has 0 aliphatic heterocycles. The summed E-state index contributed by atoms with van der Waals surface area (Å²) in [5.41, 5.74) is -0.880. The quantitative estimate of drug-likeness (QED) is 0.816. The zero-order chi connectivity index (χ0) is 18.4. The normalized spacial score (nSPS) is 11.4. The number of alkyl halides is 3. The largest absolute Gasteiger partial charge is 0.491 e. The topological polar surface area (TPSA) is 77.2 Å². The minimum atomic E-state index is -4.51. The van der Waals surface area contributed by atoms with Crippen molar-refractivity contribution in [2.75, 3.05) is 11.9 Å². The molecule has 6 nitrogen and oxygen atoms in total. The highest BCUT2D eigenvalue weighted by Gasteiger charge is 2.31. The molecule has 0 aliphatic carbocycles. The van der Waals surface area contributed by atoms with E-state index in [4.69, 9.17) is 9.26 Å². The van der Waals surface area contributed by atoms with Crippen molar-refractivity contribution < 1.29 is 27.2 Å². The van der Waals surface area contributed by atoms with Gasteiger partial charge < -0.3 is 14.6 Å². The number of hydrogen-bond acceptors (Lipinski definition) is 5. The average Bonchev–Trinajstić information content (AvgIpc) is 2.96. The zero-order valence-electron chi connectivity index (χ0n) is 13.8. The maximum atomic E-state index is 12.9. The Morgan fingerprint density at radius 3 is 2.72 bits per heavy atom. The number of aromatic nitrogens is 2. The van der Waals surface area contributed by atoms with Crippen LogP contribution in [-0.2, 0) is 17.4 Å². The lowest BCUT2D eigenvalue weighted by Crippen LogP contribution is -2.15. The predicted molar refractivity (Wildman–Crippen MR) is 83.2 cm³/mol. The average molecular weight is 357 g/mol. The van der Waals surface area contributed by atoms with Crippen molar-refractivity contribution in [1.29, 1.82) is 0 Å². The van der Waals surface area contributed by atoms with E-state index >= 15 is 0 Å². The number of hydrogen-bond donors (Lipinski definition) is 1. The van der Waals surface area contributed by atoms with Gasteiger partial charge >= 0.3 is 6.18 Å². The monoisotopic (exact) mass is 357 g/mol. The van der Waals surface area contributed by atoms with Crippen LogP contribution in [0, 0.1) is 6.92 Å². The van der Waals surface area contributed by atoms with Crippen LogP contribution >= 0.6 is 0 Å².